The van der Waals surface area contributed by atoms with Gasteiger partial charge in [0.2, 0.25) is 19.1 Å². The van der Waals surface area contributed by atoms with Crippen LogP contribution in [0.2, 0.25) is 10.0 Å². The zero-order chi connectivity index (χ0) is 37.3. The number of hydrogen-bond acceptors (Lipinski definition) is 9. The molecule has 4 aliphatic carbocycles. The van der Waals surface area contributed by atoms with Crippen LogP contribution in [0.25, 0.3) is 0 Å². The largest absolute Gasteiger partial charge is 0.399 e. The molecule has 280 valence electrons. The van der Waals surface area contributed by atoms with Crippen LogP contribution in [0.3, 0.4) is 0 Å². The molecule has 0 aliphatic heterocycles. The van der Waals surface area contributed by atoms with Crippen LogP contribution in [0.5, 0.6) is 0 Å². The van der Waals surface area contributed by atoms with Gasteiger partial charge >= 0.3 is 0 Å². The summed E-state index contributed by atoms with van der Waals surface area (Å²) in [4.78, 5) is 23.0. The molecule has 2 aromatic carbocycles. The van der Waals surface area contributed by atoms with Crippen molar-refractivity contribution in [1.29, 1.82) is 0 Å². The predicted molar refractivity (Wildman–Crippen MR) is 210 cm³/mol. The minimum absolute atomic E-state index is 0.132. The zero-order valence-electron chi connectivity index (χ0n) is 29.0. The van der Waals surface area contributed by atoms with Crippen LogP contribution in [-0.4, -0.2) is 38.9 Å². The summed E-state index contributed by atoms with van der Waals surface area (Å²) in [6.07, 6.45) is 11.6. The van der Waals surface area contributed by atoms with Crippen molar-refractivity contribution in [1.82, 2.24) is 0 Å². The van der Waals surface area contributed by atoms with Crippen LogP contribution in [-0.2, 0) is 28.7 Å². The maximum Gasteiger partial charge on any atom is 0.235 e. The number of nitrogens with one attached hydrogen (secondary N) is 3. The highest BCUT2D eigenvalue weighted by Crippen LogP contribution is 2.33. The first kappa shape index (κ1) is 41.0. The minimum Gasteiger partial charge on any atom is -0.399 e. The van der Waals surface area contributed by atoms with E-state index in [2.05, 4.69) is 15.4 Å². The second-order valence-corrected chi connectivity index (χ2v) is 19.1. The molecule has 0 spiro atoms. The van der Waals surface area contributed by atoms with Gasteiger partial charge in [-0.15, -0.1) is 0 Å². The van der Waals surface area contributed by atoms with Gasteiger partial charge in [-0.25, -0.2) is 16.8 Å². The molecule has 0 amide bonds. The summed E-state index contributed by atoms with van der Waals surface area (Å²) in [5, 5.41) is 6.87. The lowest BCUT2D eigenvalue weighted by Crippen LogP contribution is -2.29. The lowest BCUT2D eigenvalue weighted by molar-refractivity contribution is -0.115. The Labute approximate surface area is 316 Å². The number of anilines is 4. The van der Waals surface area contributed by atoms with Gasteiger partial charge in [0.05, 0.1) is 37.6 Å². The molecule has 0 saturated heterocycles. The number of nitrogens with two attached hydrogens (primary N) is 1. The second kappa shape index (κ2) is 18.3. The summed E-state index contributed by atoms with van der Waals surface area (Å²) < 4.78 is 49.3. The number of benzene rings is 2. The smallest absolute Gasteiger partial charge is 0.235 e. The molecule has 2 saturated carbocycles. The Balaban J connectivity index is 0.000000191. The molecule has 51 heavy (non-hydrogen) atoms. The molecule has 0 bridgehead atoms. The highest BCUT2D eigenvalue weighted by Gasteiger charge is 2.28. The maximum absolute atomic E-state index is 12.6. The van der Waals surface area contributed by atoms with Crippen LogP contribution < -0.4 is 21.1 Å². The molecular formula is C36H47Cl3N4O6S2. The number of allylic oxidation sites excluding steroid dienone is 4. The SMILES string of the molecule is CC1=C(Nc2cc(N)ccc2Cl)CCC1=O.CC1=C(Nc2cc(NS(=O)(=O)C3CCCCC3)ccc2Cl)CCC1=O.O=S(=O)(Cl)C1CCCCC1. The van der Waals surface area contributed by atoms with E-state index in [1.807, 2.05) is 6.92 Å². The van der Waals surface area contributed by atoms with E-state index in [1.54, 1.807) is 43.3 Å². The zero-order valence-corrected chi connectivity index (χ0v) is 32.9. The fourth-order valence-corrected chi connectivity index (χ4v) is 9.83. The van der Waals surface area contributed by atoms with Crippen molar-refractivity contribution in [3.05, 3.63) is 69.0 Å². The minimum atomic E-state index is -3.40. The first-order valence-corrected chi connectivity index (χ1v) is 22.0. The van der Waals surface area contributed by atoms with Crippen molar-refractivity contribution in [2.75, 3.05) is 21.1 Å². The van der Waals surface area contributed by atoms with E-state index in [0.29, 0.717) is 64.8 Å². The Kier molecular flexibility index (Phi) is 14.7. The van der Waals surface area contributed by atoms with Crippen LogP contribution in [0.15, 0.2) is 58.9 Å². The Bertz CT molecular complexity index is 1890. The average molecular weight is 802 g/mol. The van der Waals surface area contributed by atoms with Gasteiger partial charge < -0.3 is 16.4 Å². The number of carbonyl (C=O) groups is 2. The predicted octanol–water partition coefficient (Wildman–Crippen LogP) is 9.32. The molecule has 0 unspecified atom stereocenters. The highest BCUT2D eigenvalue weighted by atomic mass is 35.7. The molecule has 2 aromatic rings. The van der Waals surface area contributed by atoms with Crippen LogP contribution in [0.1, 0.15) is 104 Å². The summed E-state index contributed by atoms with van der Waals surface area (Å²) >= 11 is 12.3. The van der Waals surface area contributed by atoms with Gasteiger partial charge in [-0.1, -0.05) is 61.7 Å². The number of halogens is 3. The van der Waals surface area contributed by atoms with Crippen LogP contribution in [0, 0.1) is 0 Å². The van der Waals surface area contributed by atoms with Gasteiger partial charge in [0.15, 0.2) is 11.6 Å². The maximum atomic E-state index is 12.6. The molecule has 5 N–H and O–H groups in total. The summed E-state index contributed by atoms with van der Waals surface area (Å²) in [5.74, 6) is 0.329. The molecule has 15 heteroatoms. The van der Waals surface area contributed by atoms with Gasteiger partial charge in [-0.2, -0.15) is 0 Å². The number of nitrogen functional groups attached to an aromatic ring is 1. The number of sulfonamides is 1. The van der Waals surface area contributed by atoms with Gasteiger partial charge in [0.1, 0.15) is 0 Å². The average Bonchev–Trinajstić information content (AvgIpc) is 3.59. The molecule has 2 fully saturated rings. The van der Waals surface area contributed by atoms with Crippen LogP contribution >= 0.6 is 33.9 Å². The van der Waals surface area contributed by atoms with Crippen molar-refractivity contribution >= 4 is 87.3 Å². The monoisotopic (exact) mass is 800 g/mol. The normalized spacial score (nSPS) is 18.9. The van der Waals surface area contributed by atoms with Crippen molar-refractivity contribution in [2.24, 2.45) is 0 Å². The van der Waals surface area contributed by atoms with E-state index in [9.17, 15) is 26.4 Å². The third-order valence-corrected chi connectivity index (χ3v) is 14.2. The van der Waals surface area contributed by atoms with E-state index in [1.165, 1.54) is 0 Å². The second-order valence-electron chi connectivity index (χ2n) is 13.4. The number of ketones is 2. The number of carbonyl (C=O) groups excluding carboxylic acids is 2. The molecule has 0 radical (unpaired) electrons. The highest BCUT2D eigenvalue weighted by molar-refractivity contribution is 8.14. The third kappa shape index (κ3) is 11.9. The number of rotatable bonds is 8. The van der Waals surface area contributed by atoms with Gasteiger partial charge in [-0.05, 0) is 88.8 Å². The fourth-order valence-electron chi connectivity index (χ4n) is 6.49. The molecule has 6 rings (SSSR count). The molecule has 10 nitrogen and oxygen atoms in total. The summed E-state index contributed by atoms with van der Waals surface area (Å²) in [5.41, 5.74) is 11.5. The lowest BCUT2D eigenvalue weighted by atomic mass is 10.0. The van der Waals surface area contributed by atoms with Crippen LogP contribution in [0.4, 0.5) is 22.7 Å². The van der Waals surface area contributed by atoms with E-state index in [-0.39, 0.29) is 22.1 Å². The standard InChI is InChI=1S/C18H23ClN2O3S.C12H13ClN2O.C6H11ClO2S/c1-12-16(9-10-18(12)22)20-17-11-13(7-8-15(17)19)21-25(23,24)14-5-3-2-4-6-14;1-7-10(4-5-12(7)16)15-11-6-8(14)2-3-9(11)13;7-10(8,9)6-4-2-1-3-5-6/h7-8,11,14,20-21H,2-6,9-10H2,1H3;2-3,6,15H,4-5,14H2,1H3;6H,1-5H2. The quantitative estimate of drug-likeness (QED) is 0.150. The summed E-state index contributed by atoms with van der Waals surface area (Å²) in [6.45, 7) is 3.62. The van der Waals surface area contributed by atoms with Crippen molar-refractivity contribution in [3.63, 3.8) is 0 Å². The lowest BCUT2D eigenvalue weighted by Gasteiger charge is -2.22. The van der Waals surface area contributed by atoms with Gasteiger partial charge in [0, 0.05) is 51.8 Å². The summed E-state index contributed by atoms with van der Waals surface area (Å²) in [6, 6.07) is 10.3. The van der Waals surface area contributed by atoms with E-state index in [0.717, 1.165) is 80.4 Å². The van der Waals surface area contributed by atoms with Crippen molar-refractivity contribution in [2.45, 2.75) is 114 Å². The fraction of sp³-hybridized carbons (Fsp3) is 0.500. The van der Waals surface area contributed by atoms with Crippen molar-refractivity contribution in [3.8, 4) is 0 Å². The Morgan fingerprint density at radius 3 is 1.53 bits per heavy atom. The van der Waals surface area contributed by atoms with E-state index >= 15 is 0 Å². The number of Topliss-reactive ketones (excluding diaryl/α,β-unsaturated/α-hetero) is 2. The topological polar surface area (TPSA) is 165 Å². The van der Waals surface area contributed by atoms with Gasteiger partial charge in [0.25, 0.3) is 0 Å². The molecule has 0 atom stereocenters. The molecule has 0 aromatic heterocycles. The number of hydrogen-bond donors (Lipinski definition) is 4. The van der Waals surface area contributed by atoms with E-state index < -0.39 is 19.1 Å². The van der Waals surface area contributed by atoms with Gasteiger partial charge in [-0.3, -0.25) is 14.3 Å². The Hall–Kier alpha value is -2.77. The Morgan fingerprint density at radius 1 is 0.647 bits per heavy atom. The Morgan fingerprint density at radius 2 is 1.10 bits per heavy atom. The first-order chi connectivity index (χ1) is 24.0. The summed E-state index contributed by atoms with van der Waals surface area (Å²) in [7, 11) is -1.47. The third-order valence-electron chi connectivity index (χ3n) is 9.68. The van der Waals surface area contributed by atoms with E-state index in [4.69, 9.17) is 39.6 Å². The molecule has 4 aliphatic rings. The first-order valence-electron chi connectivity index (χ1n) is 17.3. The van der Waals surface area contributed by atoms with Crippen molar-refractivity contribution < 1.29 is 26.4 Å². The molecule has 0 heterocycles. The molecular weight excluding hydrogens is 755 g/mol.